The van der Waals surface area contributed by atoms with Gasteiger partial charge in [0.2, 0.25) is 4.73 Å². The number of benzene rings is 1. The fourth-order valence-electron chi connectivity index (χ4n) is 1.60. The van der Waals surface area contributed by atoms with E-state index in [9.17, 15) is 4.39 Å². The van der Waals surface area contributed by atoms with E-state index in [1.54, 1.807) is 4.68 Å². The monoisotopic (exact) mass is 347 g/mol. The molecule has 1 aliphatic heterocycles. The summed E-state index contributed by atoms with van der Waals surface area (Å²) >= 11 is 8.89. The van der Waals surface area contributed by atoms with Crippen LogP contribution in [0, 0.1) is 5.82 Å². The molecule has 1 aliphatic rings. The predicted octanol–water partition coefficient (Wildman–Crippen LogP) is 3.20. The predicted molar refractivity (Wildman–Crippen MR) is 69.1 cm³/mol. The van der Waals surface area contributed by atoms with Crippen molar-refractivity contribution in [2.45, 2.75) is 6.04 Å². The molecular formula is C11H8BrClFN3O2. The zero-order valence-electron chi connectivity index (χ0n) is 9.52. The molecule has 0 saturated carbocycles. The average Bonchev–Trinajstić information content (AvgIpc) is 2.63. The molecule has 1 aromatic carbocycles. The fourth-order valence-corrected chi connectivity index (χ4v) is 2.09. The quantitative estimate of drug-likeness (QED) is 0.855. The minimum atomic E-state index is -0.496. The molecule has 100 valence electrons. The lowest BCUT2D eigenvalue weighted by Crippen LogP contribution is -2.31. The van der Waals surface area contributed by atoms with Crippen LogP contribution < -0.4 is 4.74 Å². The number of nitrogens with zero attached hydrogens (tertiary/aromatic N) is 3. The molecule has 0 amide bonds. The first-order valence-corrected chi connectivity index (χ1v) is 6.63. The highest BCUT2D eigenvalue weighted by molar-refractivity contribution is 9.10. The second-order valence-corrected chi connectivity index (χ2v) is 5.09. The normalized spacial score (nSPS) is 15.3. The molecule has 5 nitrogen and oxygen atoms in total. The van der Waals surface area contributed by atoms with Crippen molar-refractivity contribution >= 4 is 27.5 Å². The van der Waals surface area contributed by atoms with E-state index in [-0.39, 0.29) is 11.1 Å². The number of ether oxygens (including phenoxy) is 2. The van der Waals surface area contributed by atoms with Crippen LogP contribution in [0.15, 0.2) is 22.9 Å². The molecule has 2 aromatic rings. The molecule has 0 radical (unpaired) electrons. The Hall–Kier alpha value is -1.18. The molecule has 2 heterocycles. The Balaban J connectivity index is 1.87. The van der Waals surface area contributed by atoms with E-state index in [0.29, 0.717) is 29.7 Å². The van der Waals surface area contributed by atoms with Gasteiger partial charge in [0.05, 0.1) is 18.2 Å². The van der Waals surface area contributed by atoms with E-state index in [4.69, 9.17) is 21.1 Å². The molecule has 0 unspecified atom stereocenters. The van der Waals surface area contributed by atoms with Crippen LogP contribution in [-0.4, -0.2) is 28.0 Å². The molecule has 1 aromatic heterocycles. The number of rotatable bonds is 3. The summed E-state index contributed by atoms with van der Waals surface area (Å²) < 4.78 is 25.8. The molecular weight excluding hydrogens is 340 g/mol. The molecule has 0 N–H and O–H groups in total. The van der Waals surface area contributed by atoms with Crippen molar-refractivity contribution in [3.63, 3.8) is 0 Å². The van der Waals surface area contributed by atoms with Gasteiger partial charge in [-0.25, -0.2) is 9.07 Å². The lowest BCUT2D eigenvalue weighted by Gasteiger charge is -2.26. The Bertz CT molecular complexity index is 618. The van der Waals surface area contributed by atoms with Crippen molar-refractivity contribution in [3.8, 4) is 11.8 Å². The van der Waals surface area contributed by atoms with Gasteiger partial charge in [-0.15, -0.1) is 5.10 Å². The van der Waals surface area contributed by atoms with E-state index in [2.05, 4.69) is 26.0 Å². The van der Waals surface area contributed by atoms with Crippen LogP contribution >= 0.6 is 27.5 Å². The maximum atomic E-state index is 13.1. The van der Waals surface area contributed by atoms with Gasteiger partial charge in [0, 0.05) is 6.07 Å². The van der Waals surface area contributed by atoms with Crippen LogP contribution in [-0.2, 0) is 4.74 Å². The van der Waals surface area contributed by atoms with E-state index >= 15 is 0 Å². The number of hydrogen-bond acceptors (Lipinski definition) is 4. The van der Waals surface area contributed by atoms with Crippen LogP contribution in [0.25, 0.3) is 0 Å². The summed E-state index contributed by atoms with van der Waals surface area (Å²) in [5.41, 5.74) is 0. The Labute approximate surface area is 121 Å². The second-order valence-electron chi connectivity index (χ2n) is 3.98. The molecule has 1 saturated heterocycles. The zero-order chi connectivity index (χ0) is 13.4. The van der Waals surface area contributed by atoms with Gasteiger partial charge in [-0.05, 0) is 28.1 Å². The topological polar surface area (TPSA) is 49.2 Å². The molecule has 0 atom stereocenters. The highest BCUT2D eigenvalue weighted by Crippen LogP contribution is 2.29. The van der Waals surface area contributed by atoms with Crippen LogP contribution in [0.5, 0.6) is 11.8 Å². The molecule has 0 bridgehead atoms. The maximum absolute atomic E-state index is 13.1. The second kappa shape index (κ2) is 5.07. The minimum absolute atomic E-state index is 0.00499. The van der Waals surface area contributed by atoms with Crippen LogP contribution in [0.2, 0.25) is 5.02 Å². The third-order valence-electron chi connectivity index (χ3n) is 2.64. The first-order chi connectivity index (χ1) is 9.13. The molecule has 0 spiro atoms. The summed E-state index contributed by atoms with van der Waals surface area (Å²) in [4.78, 5) is 4.11. The number of hydrogen-bond donors (Lipinski definition) is 0. The minimum Gasteiger partial charge on any atom is -0.424 e. The van der Waals surface area contributed by atoms with Crippen molar-refractivity contribution in [1.82, 2.24) is 14.8 Å². The fraction of sp³-hybridized carbons (Fsp3) is 0.273. The van der Waals surface area contributed by atoms with Crippen LogP contribution in [0.3, 0.4) is 0 Å². The average molecular weight is 349 g/mol. The van der Waals surface area contributed by atoms with E-state index in [0.717, 1.165) is 0 Å². The first-order valence-electron chi connectivity index (χ1n) is 5.46. The van der Waals surface area contributed by atoms with Crippen molar-refractivity contribution < 1.29 is 13.9 Å². The summed E-state index contributed by atoms with van der Waals surface area (Å²) in [5.74, 6) is -0.100. The smallest absolute Gasteiger partial charge is 0.321 e. The summed E-state index contributed by atoms with van der Waals surface area (Å²) in [7, 11) is 0. The van der Waals surface area contributed by atoms with E-state index in [1.807, 2.05) is 0 Å². The lowest BCUT2D eigenvalue weighted by atomic mass is 10.3. The van der Waals surface area contributed by atoms with Gasteiger partial charge < -0.3 is 9.47 Å². The Kier molecular flexibility index (Phi) is 3.42. The largest absolute Gasteiger partial charge is 0.424 e. The molecule has 0 aliphatic carbocycles. The van der Waals surface area contributed by atoms with Gasteiger partial charge in [0.1, 0.15) is 17.6 Å². The lowest BCUT2D eigenvalue weighted by molar-refractivity contribution is -0.0313. The van der Waals surface area contributed by atoms with Gasteiger partial charge in [0.15, 0.2) is 0 Å². The standard InChI is InChI=1S/C11H8BrClFN3O2/c12-10-15-11(17(16-10)6-4-18-5-6)19-7-1-2-9(14)8(13)3-7/h1-3,6H,4-5H2. The third-order valence-corrected chi connectivity index (χ3v) is 3.27. The van der Waals surface area contributed by atoms with Crippen LogP contribution in [0.4, 0.5) is 4.39 Å². The first kappa shape index (κ1) is 12.8. The summed E-state index contributed by atoms with van der Waals surface area (Å²) in [6.07, 6.45) is 0. The Morgan fingerprint density at radius 1 is 1.47 bits per heavy atom. The zero-order valence-corrected chi connectivity index (χ0v) is 11.9. The summed E-state index contributed by atoms with van der Waals surface area (Å²) in [6, 6.07) is 4.51. The number of halogens is 3. The van der Waals surface area contributed by atoms with Crippen molar-refractivity contribution in [2.24, 2.45) is 0 Å². The highest BCUT2D eigenvalue weighted by atomic mass is 79.9. The molecule has 1 fully saturated rings. The number of aromatic nitrogens is 3. The SMILES string of the molecule is Fc1ccc(Oc2nc(Br)nn2C2COC2)cc1Cl. The van der Waals surface area contributed by atoms with Crippen molar-refractivity contribution in [1.29, 1.82) is 0 Å². The van der Waals surface area contributed by atoms with Gasteiger partial charge in [-0.1, -0.05) is 11.6 Å². The van der Waals surface area contributed by atoms with E-state index in [1.165, 1.54) is 18.2 Å². The highest BCUT2D eigenvalue weighted by Gasteiger charge is 2.26. The van der Waals surface area contributed by atoms with Crippen molar-refractivity contribution in [3.05, 3.63) is 33.8 Å². The van der Waals surface area contributed by atoms with E-state index < -0.39 is 5.82 Å². The third kappa shape index (κ3) is 2.58. The molecule has 19 heavy (non-hydrogen) atoms. The van der Waals surface area contributed by atoms with Gasteiger partial charge >= 0.3 is 6.01 Å². The summed E-state index contributed by atoms with van der Waals surface area (Å²) in [5, 5.41) is 4.17. The summed E-state index contributed by atoms with van der Waals surface area (Å²) in [6.45, 7) is 1.13. The van der Waals surface area contributed by atoms with Crippen LogP contribution in [0.1, 0.15) is 6.04 Å². The van der Waals surface area contributed by atoms with Crippen molar-refractivity contribution in [2.75, 3.05) is 13.2 Å². The van der Waals surface area contributed by atoms with Gasteiger partial charge in [0.25, 0.3) is 0 Å². The Morgan fingerprint density at radius 2 is 2.26 bits per heavy atom. The maximum Gasteiger partial charge on any atom is 0.321 e. The molecule has 8 heteroatoms. The van der Waals surface area contributed by atoms with Gasteiger partial charge in [-0.2, -0.15) is 4.98 Å². The molecule has 3 rings (SSSR count). The van der Waals surface area contributed by atoms with Gasteiger partial charge in [-0.3, -0.25) is 0 Å². The Morgan fingerprint density at radius 3 is 2.89 bits per heavy atom.